The molecule has 0 radical (unpaired) electrons. The average molecular weight is 326 g/mol. The first kappa shape index (κ1) is 18.6. The molecule has 0 aromatic heterocycles. The van der Waals surface area contributed by atoms with E-state index in [1.165, 1.54) is 4.31 Å². The van der Waals surface area contributed by atoms with E-state index < -0.39 is 10.0 Å². The van der Waals surface area contributed by atoms with Crippen LogP contribution >= 0.6 is 0 Å². The number of nitrogens with one attached hydrogen (secondary N) is 1. The van der Waals surface area contributed by atoms with E-state index >= 15 is 0 Å². The second-order valence-corrected chi connectivity index (χ2v) is 8.25. The van der Waals surface area contributed by atoms with Gasteiger partial charge in [0.15, 0.2) is 0 Å². The van der Waals surface area contributed by atoms with Crippen molar-refractivity contribution < 1.29 is 13.2 Å². The highest BCUT2D eigenvalue weighted by Gasteiger charge is 2.21. The lowest BCUT2D eigenvalue weighted by molar-refractivity contribution is -0.116. The molecule has 0 heterocycles. The maximum atomic E-state index is 12.2. The van der Waals surface area contributed by atoms with Crippen LogP contribution in [0.2, 0.25) is 0 Å². The minimum Gasteiger partial charge on any atom is -0.324 e. The molecule has 0 atom stereocenters. The largest absolute Gasteiger partial charge is 0.324 e. The van der Waals surface area contributed by atoms with Gasteiger partial charge in [-0.15, -0.1) is 0 Å². The van der Waals surface area contributed by atoms with Crippen molar-refractivity contribution in [2.45, 2.75) is 34.6 Å². The molecule has 1 aromatic rings. The molecule has 1 rings (SSSR count). The van der Waals surface area contributed by atoms with Gasteiger partial charge >= 0.3 is 0 Å². The van der Waals surface area contributed by atoms with E-state index in [4.69, 9.17) is 0 Å². The van der Waals surface area contributed by atoms with Crippen LogP contribution in [0.3, 0.4) is 0 Å². The molecule has 0 aliphatic carbocycles. The summed E-state index contributed by atoms with van der Waals surface area (Å²) in [5.74, 6) is -0.161. The van der Waals surface area contributed by atoms with E-state index in [0.29, 0.717) is 6.54 Å². The highest BCUT2D eigenvalue weighted by Crippen LogP contribution is 2.22. The fourth-order valence-electron chi connectivity index (χ4n) is 2.44. The number of rotatable bonds is 6. The van der Waals surface area contributed by atoms with Crippen molar-refractivity contribution in [3.8, 4) is 0 Å². The van der Waals surface area contributed by atoms with Gasteiger partial charge in [0, 0.05) is 12.2 Å². The molecule has 124 valence electrons. The Morgan fingerprint density at radius 1 is 1.18 bits per heavy atom. The molecule has 0 aliphatic heterocycles. The zero-order valence-corrected chi connectivity index (χ0v) is 15.0. The summed E-state index contributed by atoms with van der Waals surface area (Å²) in [7, 11) is -3.40. The molecule has 0 aliphatic rings. The SMILES string of the molecule is Cc1cc(C)c(NC(=O)CN(CC(C)C)S(C)(=O)=O)c(C)c1. The van der Waals surface area contributed by atoms with Gasteiger partial charge in [-0.1, -0.05) is 31.5 Å². The second-order valence-electron chi connectivity index (χ2n) is 6.27. The average Bonchev–Trinajstić information content (AvgIpc) is 2.31. The maximum absolute atomic E-state index is 12.2. The Morgan fingerprint density at radius 2 is 1.68 bits per heavy atom. The fraction of sp³-hybridized carbons (Fsp3) is 0.562. The van der Waals surface area contributed by atoms with Crippen LogP contribution in [0, 0.1) is 26.7 Å². The first-order chi connectivity index (χ1) is 10.0. The van der Waals surface area contributed by atoms with Crippen molar-refractivity contribution in [1.82, 2.24) is 4.31 Å². The number of anilines is 1. The monoisotopic (exact) mass is 326 g/mol. The van der Waals surface area contributed by atoms with Crippen LogP contribution in [-0.4, -0.2) is 38.0 Å². The van der Waals surface area contributed by atoms with Gasteiger partial charge < -0.3 is 5.32 Å². The van der Waals surface area contributed by atoms with E-state index in [1.54, 1.807) is 0 Å². The number of nitrogens with zero attached hydrogens (tertiary/aromatic N) is 1. The molecule has 1 amide bonds. The third-order valence-electron chi connectivity index (χ3n) is 3.30. The van der Waals surface area contributed by atoms with Gasteiger partial charge in [-0.3, -0.25) is 4.79 Å². The molecule has 5 nitrogen and oxygen atoms in total. The Kier molecular flexibility index (Phi) is 6.14. The van der Waals surface area contributed by atoms with Crippen molar-refractivity contribution in [2.75, 3.05) is 24.7 Å². The Labute approximate surface area is 133 Å². The number of hydrogen-bond acceptors (Lipinski definition) is 3. The van der Waals surface area contributed by atoms with Crippen molar-refractivity contribution in [1.29, 1.82) is 0 Å². The Bertz CT molecular complexity index is 628. The molecule has 0 fully saturated rings. The van der Waals surface area contributed by atoms with E-state index in [1.807, 2.05) is 46.8 Å². The molecule has 0 unspecified atom stereocenters. The summed E-state index contributed by atoms with van der Waals surface area (Å²) in [5.41, 5.74) is 3.83. The zero-order valence-electron chi connectivity index (χ0n) is 14.2. The second kappa shape index (κ2) is 7.24. The quantitative estimate of drug-likeness (QED) is 0.873. The van der Waals surface area contributed by atoms with Gasteiger partial charge in [0.2, 0.25) is 15.9 Å². The Balaban J connectivity index is 2.89. The smallest absolute Gasteiger partial charge is 0.239 e. The number of carbonyl (C=O) groups is 1. The molecule has 1 aromatic carbocycles. The highest BCUT2D eigenvalue weighted by molar-refractivity contribution is 7.88. The van der Waals surface area contributed by atoms with Crippen molar-refractivity contribution in [2.24, 2.45) is 5.92 Å². The lowest BCUT2D eigenvalue weighted by Crippen LogP contribution is -2.39. The zero-order chi connectivity index (χ0) is 17.1. The molecule has 0 spiro atoms. The molecular weight excluding hydrogens is 300 g/mol. The first-order valence-electron chi connectivity index (χ1n) is 7.33. The predicted octanol–water partition coefficient (Wildman–Crippen LogP) is 2.47. The van der Waals surface area contributed by atoms with E-state index in [2.05, 4.69) is 5.32 Å². The summed E-state index contributed by atoms with van der Waals surface area (Å²) >= 11 is 0. The lowest BCUT2D eigenvalue weighted by atomic mass is 10.1. The number of sulfonamides is 1. The summed E-state index contributed by atoms with van der Waals surface area (Å²) in [6, 6.07) is 3.98. The van der Waals surface area contributed by atoms with Crippen LogP contribution in [0.1, 0.15) is 30.5 Å². The Morgan fingerprint density at radius 3 is 2.09 bits per heavy atom. The first-order valence-corrected chi connectivity index (χ1v) is 9.18. The minimum atomic E-state index is -3.40. The predicted molar refractivity (Wildman–Crippen MR) is 90.5 cm³/mol. The van der Waals surface area contributed by atoms with Gasteiger partial charge in [-0.25, -0.2) is 8.42 Å². The van der Waals surface area contributed by atoms with Gasteiger partial charge in [-0.05, 0) is 37.8 Å². The van der Waals surface area contributed by atoms with Gasteiger partial charge in [0.1, 0.15) is 0 Å². The molecule has 22 heavy (non-hydrogen) atoms. The van der Waals surface area contributed by atoms with E-state index in [0.717, 1.165) is 28.6 Å². The summed E-state index contributed by atoms with van der Waals surface area (Å²) in [4.78, 5) is 12.2. The minimum absolute atomic E-state index is 0.158. The molecule has 0 saturated heterocycles. The van der Waals surface area contributed by atoms with Gasteiger partial charge in [-0.2, -0.15) is 4.31 Å². The van der Waals surface area contributed by atoms with Crippen LogP contribution in [0.25, 0.3) is 0 Å². The fourth-order valence-corrected chi connectivity index (χ4v) is 3.36. The molecular formula is C16H26N2O3S. The van der Waals surface area contributed by atoms with Crippen LogP contribution in [0.15, 0.2) is 12.1 Å². The van der Waals surface area contributed by atoms with Crippen LogP contribution in [0.4, 0.5) is 5.69 Å². The summed E-state index contributed by atoms with van der Waals surface area (Å²) in [6.07, 6.45) is 1.13. The number of benzene rings is 1. The molecule has 1 N–H and O–H groups in total. The topological polar surface area (TPSA) is 66.5 Å². The van der Waals surface area contributed by atoms with Crippen molar-refractivity contribution >= 4 is 21.6 Å². The third kappa shape index (κ3) is 5.42. The van der Waals surface area contributed by atoms with Crippen molar-refractivity contribution in [3.05, 3.63) is 28.8 Å². The normalized spacial score (nSPS) is 12.0. The van der Waals surface area contributed by atoms with Crippen LogP contribution in [-0.2, 0) is 14.8 Å². The molecule has 0 saturated carbocycles. The van der Waals surface area contributed by atoms with Crippen LogP contribution in [0.5, 0.6) is 0 Å². The summed E-state index contributed by atoms with van der Waals surface area (Å²) in [6.45, 7) is 9.87. The standard InChI is InChI=1S/C16H26N2O3S/c1-11(2)9-18(22(6,20)21)10-15(19)17-16-13(4)7-12(3)8-14(16)5/h7-8,11H,9-10H2,1-6H3,(H,17,19). The van der Waals surface area contributed by atoms with E-state index in [9.17, 15) is 13.2 Å². The van der Waals surface area contributed by atoms with E-state index in [-0.39, 0.29) is 18.4 Å². The van der Waals surface area contributed by atoms with Gasteiger partial charge in [0.05, 0.1) is 12.8 Å². The summed E-state index contributed by atoms with van der Waals surface area (Å²) < 4.78 is 24.8. The molecule has 0 bridgehead atoms. The highest BCUT2D eigenvalue weighted by atomic mass is 32.2. The number of aryl methyl sites for hydroxylation is 3. The van der Waals surface area contributed by atoms with Crippen molar-refractivity contribution in [3.63, 3.8) is 0 Å². The maximum Gasteiger partial charge on any atom is 0.239 e. The number of hydrogen-bond donors (Lipinski definition) is 1. The lowest BCUT2D eigenvalue weighted by Gasteiger charge is -2.22. The van der Waals surface area contributed by atoms with Crippen LogP contribution < -0.4 is 5.32 Å². The molecule has 6 heteroatoms. The number of amides is 1. The van der Waals surface area contributed by atoms with Gasteiger partial charge in [0.25, 0.3) is 0 Å². The summed E-state index contributed by atoms with van der Waals surface area (Å²) in [5, 5.41) is 2.84. The third-order valence-corrected chi connectivity index (χ3v) is 4.52. The number of carbonyl (C=O) groups excluding carboxylic acids is 1. The Hall–Kier alpha value is -1.40.